The van der Waals surface area contributed by atoms with E-state index in [4.69, 9.17) is 10.5 Å². The number of hydrogen-bond donors (Lipinski definition) is 2. The van der Waals surface area contributed by atoms with E-state index < -0.39 is 5.54 Å². The normalized spacial score (nSPS) is 17.4. The number of nitrogens with one attached hydrogen (secondary N) is 1. The van der Waals surface area contributed by atoms with Gasteiger partial charge in [0.1, 0.15) is 0 Å². The van der Waals surface area contributed by atoms with Crippen LogP contribution in [0.1, 0.15) is 12.0 Å². The van der Waals surface area contributed by atoms with E-state index >= 15 is 0 Å². The van der Waals surface area contributed by atoms with Gasteiger partial charge in [0.25, 0.3) is 0 Å². The van der Waals surface area contributed by atoms with Gasteiger partial charge in [-0.1, -0.05) is 22.0 Å². The van der Waals surface area contributed by atoms with E-state index in [9.17, 15) is 4.79 Å². The highest BCUT2D eigenvalue weighted by Crippen LogP contribution is 2.22. The predicted octanol–water partition coefficient (Wildman–Crippen LogP) is 1.81. The summed E-state index contributed by atoms with van der Waals surface area (Å²) >= 11 is 3.43. The van der Waals surface area contributed by atoms with Gasteiger partial charge in [-0.2, -0.15) is 0 Å². The monoisotopic (exact) mass is 298 g/mol. The smallest absolute Gasteiger partial charge is 0.226 e. The molecule has 0 unspecified atom stereocenters. The van der Waals surface area contributed by atoms with Crippen LogP contribution in [0.5, 0.6) is 0 Å². The van der Waals surface area contributed by atoms with Crippen molar-refractivity contribution in [3.63, 3.8) is 0 Å². The van der Waals surface area contributed by atoms with Crippen molar-refractivity contribution in [1.29, 1.82) is 0 Å². The number of nitrogens with two attached hydrogens (primary N) is 1. The van der Waals surface area contributed by atoms with Crippen molar-refractivity contribution in [1.82, 2.24) is 0 Å². The molecule has 1 aliphatic heterocycles. The number of anilines is 1. The van der Waals surface area contributed by atoms with Gasteiger partial charge in [0.2, 0.25) is 5.91 Å². The van der Waals surface area contributed by atoms with E-state index in [1.807, 2.05) is 25.1 Å². The molecule has 0 saturated carbocycles. The van der Waals surface area contributed by atoms with Crippen molar-refractivity contribution in [3.8, 4) is 0 Å². The highest BCUT2D eigenvalue weighted by atomic mass is 79.9. The van der Waals surface area contributed by atoms with Crippen LogP contribution >= 0.6 is 15.9 Å². The Morgan fingerprint density at radius 2 is 2.29 bits per heavy atom. The molecule has 17 heavy (non-hydrogen) atoms. The molecular formula is C12H15BrN2O2. The maximum absolute atomic E-state index is 11.8. The van der Waals surface area contributed by atoms with Crippen LogP contribution in [0.4, 0.5) is 5.69 Å². The highest BCUT2D eigenvalue weighted by Gasteiger charge is 2.36. The lowest BCUT2D eigenvalue weighted by Gasteiger charge is -2.37. The van der Waals surface area contributed by atoms with Crippen LogP contribution in [0.15, 0.2) is 22.7 Å². The van der Waals surface area contributed by atoms with Crippen molar-refractivity contribution in [2.45, 2.75) is 18.9 Å². The highest BCUT2D eigenvalue weighted by molar-refractivity contribution is 9.10. The van der Waals surface area contributed by atoms with Gasteiger partial charge in [0, 0.05) is 16.6 Å². The molecule has 1 aliphatic rings. The lowest BCUT2D eigenvalue weighted by Crippen LogP contribution is -2.58. The van der Waals surface area contributed by atoms with Gasteiger partial charge in [-0.05, 0) is 24.6 Å². The molecule has 4 nitrogen and oxygen atoms in total. The summed E-state index contributed by atoms with van der Waals surface area (Å²) in [6.07, 6.45) is 0.290. The predicted molar refractivity (Wildman–Crippen MR) is 69.9 cm³/mol. The summed E-state index contributed by atoms with van der Waals surface area (Å²) in [7, 11) is 0. The number of halogens is 1. The summed E-state index contributed by atoms with van der Waals surface area (Å²) in [5.74, 6) is -0.0773. The van der Waals surface area contributed by atoms with Crippen LogP contribution in [0, 0.1) is 6.92 Å². The van der Waals surface area contributed by atoms with Gasteiger partial charge in [-0.15, -0.1) is 0 Å². The average molecular weight is 299 g/mol. The number of ether oxygens (including phenoxy) is 1. The first-order valence-electron chi connectivity index (χ1n) is 5.41. The molecular weight excluding hydrogens is 284 g/mol. The summed E-state index contributed by atoms with van der Waals surface area (Å²) < 4.78 is 5.99. The molecule has 3 N–H and O–H groups in total. The molecule has 1 amide bonds. The number of hydrogen-bond acceptors (Lipinski definition) is 3. The SMILES string of the molecule is Cc1ccc(NC(=O)CC2(N)COC2)cc1Br. The van der Waals surface area contributed by atoms with Crippen molar-refractivity contribution in [2.75, 3.05) is 18.5 Å². The Kier molecular flexibility index (Phi) is 3.51. The first-order valence-corrected chi connectivity index (χ1v) is 6.20. The molecule has 1 aromatic carbocycles. The molecule has 0 aliphatic carbocycles. The van der Waals surface area contributed by atoms with E-state index in [0.717, 1.165) is 15.7 Å². The van der Waals surface area contributed by atoms with Crippen molar-refractivity contribution in [3.05, 3.63) is 28.2 Å². The maximum Gasteiger partial charge on any atom is 0.226 e. The number of carbonyl (C=O) groups is 1. The largest absolute Gasteiger partial charge is 0.377 e. The third kappa shape index (κ3) is 3.06. The number of rotatable bonds is 3. The molecule has 1 fully saturated rings. The van der Waals surface area contributed by atoms with Crippen LogP contribution in [0.3, 0.4) is 0 Å². The third-order valence-corrected chi connectivity index (χ3v) is 3.60. The summed E-state index contributed by atoms with van der Waals surface area (Å²) in [6, 6.07) is 5.70. The maximum atomic E-state index is 11.8. The fourth-order valence-corrected chi connectivity index (χ4v) is 2.04. The fourth-order valence-electron chi connectivity index (χ4n) is 1.66. The molecule has 92 valence electrons. The minimum absolute atomic E-state index is 0.0773. The Labute approximate surface area is 109 Å². The molecule has 1 aromatic rings. The zero-order valence-corrected chi connectivity index (χ0v) is 11.2. The zero-order valence-electron chi connectivity index (χ0n) is 9.63. The second-order valence-electron chi connectivity index (χ2n) is 4.54. The Morgan fingerprint density at radius 3 is 2.82 bits per heavy atom. The molecule has 0 spiro atoms. The fraction of sp³-hybridized carbons (Fsp3) is 0.417. The van der Waals surface area contributed by atoms with Gasteiger partial charge in [0.05, 0.1) is 18.8 Å². The van der Waals surface area contributed by atoms with Gasteiger partial charge in [-0.3, -0.25) is 4.79 Å². The summed E-state index contributed by atoms with van der Waals surface area (Å²) in [4.78, 5) is 11.8. The van der Waals surface area contributed by atoms with E-state index in [2.05, 4.69) is 21.2 Å². The number of aryl methyl sites for hydroxylation is 1. The van der Waals surface area contributed by atoms with E-state index in [1.54, 1.807) is 0 Å². The second kappa shape index (κ2) is 4.76. The Hall–Kier alpha value is -0.910. The zero-order chi connectivity index (χ0) is 12.5. The van der Waals surface area contributed by atoms with Gasteiger partial charge in [0.15, 0.2) is 0 Å². The second-order valence-corrected chi connectivity index (χ2v) is 5.40. The van der Waals surface area contributed by atoms with Gasteiger partial charge >= 0.3 is 0 Å². The third-order valence-electron chi connectivity index (χ3n) is 2.75. The summed E-state index contributed by atoms with van der Waals surface area (Å²) in [5, 5.41) is 2.83. The van der Waals surface area contributed by atoms with Crippen LogP contribution in [-0.2, 0) is 9.53 Å². The van der Waals surface area contributed by atoms with E-state index in [-0.39, 0.29) is 5.91 Å². The van der Waals surface area contributed by atoms with Gasteiger partial charge in [-0.25, -0.2) is 0 Å². The van der Waals surface area contributed by atoms with Crippen molar-refractivity contribution >= 4 is 27.5 Å². The van der Waals surface area contributed by atoms with Gasteiger partial charge < -0.3 is 15.8 Å². The Morgan fingerprint density at radius 1 is 1.59 bits per heavy atom. The lowest BCUT2D eigenvalue weighted by molar-refractivity contribution is -0.123. The summed E-state index contributed by atoms with van der Waals surface area (Å²) in [5.41, 5.74) is 7.34. The van der Waals surface area contributed by atoms with Crippen LogP contribution in [0.25, 0.3) is 0 Å². The molecule has 1 heterocycles. The number of amides is 1. The summed E-state index contributed by atoms with van der Waals surface area (Å²) in [6.45, 7) is 2.91. The van der Waals surface area contributed by atoms with Crippen molar-refractivity contribution in [2.24, 2.45) is 5.73 Å². The lowest BCUT2D eigenvalue weighted by atomic mass is 9.94. The average Bonchev–Trinajstić information content (AvgIpc) is 2.21. The molecule has 0 aromatic heterocycles. The number of carbonyl (C=O) groups excluding carboxylic acids is 1. The van der Waals surface area contributed by atoms with E-state index in [1.165, 1.54) is 0 Å². The first-order chi connectivity index (χ1) is 7.98. The molecule has 5 heteroatoms. The Balaban J connectivity index is 1.95. The Bertz CT molecular complexity index is 444. The van der Waals surface area contributed by atoms with Crippen LogP contribution in [-0.4, -0.2) is 24.7 Å². The minimum atomic E-state index is -0.480. The quantitative estimate of drug-likeness (QED) is 0.894. The van der Waals surface area contributed by atoms with Crippen LogP contribution < -0.4 is 11.1 Å². The molecule has 1 saturated heterocycles. The molecule has 0 radical (unpaired) electrons. The molecule has 0 bridgehead atoms. The topological polar surface area (TPSA) is 64.4 Å². The first kappa shape index (κ1) is 12.5. The van der Waals surface area contributed by atoms with E-state index in [0.29, 0.717) is 19.6 Å². The molecule has 2 rings (SSSR count). The number of benzene rings is 1. The minimum Gasteiger partial charge on any atom is -0.377 e. The standard InChI is InChI=1S/C12H15BrN2O2/c1-8-2-3-9(4-10(8)13)15-11(16)5-12(14)6-17-7-12/h2-4H,5-7,14H2,1H3,(H,15,16). The van der Waals surface area contributed by atoms with Crippen molar-refractivity contribution < 1.29 is 9.53 Å². The van der Waals surface area contributed by atoms with Crippen LogP contribution in [0.2, 0.25) is 0 Å². The molecule has 0 atom stereocenters.